The topological polar surface area (TPSA) is 49.4 Å². The smallest absolute Gasteiger partial charge is 0.105 e. The molecular formula is C9H15O3-. The highest BCUT2D eigenvalue weighted by Gasteiger charge is 2.38. The van der Waals surface area contributed by atoms with E-state index in [1.165, 1.54) is 0 Å². The van der Waals surface area contributed by atoms with Crippen LogP contribution in [-0.2, 0) is 9.53 Å². The van der Waals surface area contributed by atoms with Crippen molar-refractivity contribution in [1.29, 1.82) is 0 Å². The van der Waals surface area contributed by atoms with E-state index in [2.05, 4.69) is 0 Å². The largest absolute Gasteiger partial charge is 0.547 e. The zero-order valence-electron chi connectivity index (χ0n) is 7.85. The van der Waals surface area contributed by atoms with E-state index in [-0.39, 0.29) is 5.60 Å². The Morgan fingerprint density at radius 2 is 1.92 bits per heavy atom. The second-order valence-corrected chi connectivity index (χ2v) is 4.23. The van der Waals surface area contributed by atoms with Crippen molar-refractivity contribution in [2.75, 3.05) is 0 Å². The van der Waals surface area contributed by atoms with Gasteiger partial charge in [-0.1, -0.05) is 0 Å². The van der Waals surface area contributed by atoms with Crippen LogP contribution in [0.1, 0.15) is 40.0 Å². The Morgan fingerprint density at radius 1 is 1.33 bits per heavy atom. The third-order valence-electron chi connectivity index (χ3n) is 2.37. The van der Waals surface area contributed by atoms with E-state index in [9.17, 15) is 9.90 Å². The van der Waals surface area contributed by atoms with Gasteiger partial charge in [0.1, 0.15) is 5.60 Å². The molecule has 0 aliphatic carbocycles. The first-order valence-electron chi connectivity index (χ1n) is 4.27. The second-order valence-electron chi connectivity index (χ2n) is 4.23. The van der Waals surface area contributed by atoms with Crippen molar-refractivity contribution >= 4 is 5.97 Å². The quantitative estimate of drug-likeness (QED) is 0.576. The molecule has 3 heteroatoms. The van der Waals surface area contributed by atoms with Crippen molar-refractivity contribution in [2.24, 2.45) is 0 Å². The first-order chi connectivity index (χ1) is 5.36. The van der Waals surface area contributed by atoms with Gasteiger partial charge in [-0.05, 0) is 40.0 Å². The maximum Gasteiger partial charge on any atom is 0.105 e. The van der Waals surface area contributed by atoms with E-state index in [0.717, 1.165) is 12.8 Å². The molecular weight excluding hydrogens is 156 g/mol. The fourth-order valence-corrected chi connectivity index (χ4v) is 1.71. The summed E-state index contributed by atoms with van der Waals surface area (Å²) in [7, 11) is 0. The van der Waals surface area contributed by atoms with Crippen LogP contribution in [0.2, 0.25) is 0 Å². The van der Waals surface area contributed by atoms with Gasteiger partial charge in [0, 0.05) is 0 Å². The zero-order valence-corrected chi connectivity index (χ0v) is 7.85. The van der Waals surface area contributed by atoms with Gasteiger partial charge in [-0.2, -0.15) is 0 Å². The molecule has 0 aromatic carbocycles. The van der Waals surface area contributed by atoms with Crippen LogP contribution in [0.25, 0.3) is 0 Å². The number of rotatable bonds is 1. The van der Waals surface area contributed by atoms with Crippen molar-refractivity contribution in [3.63, 3.8) is 0 Å². The van der Waals surface area contributed by atoms with Crippen LogP contribution in [-0.4, -0.2) is 17.2 Å². The van der Waals surface area contributed by atoms with Crippen LogP contribution in [0.15, 0.2) is 0 Å². The molecule has 0 aromatic rings. The molecule has 1 fully saturated rings. The normalized spacial score (nSPS) is 34.6. The van der Waals surface area contributed by atoms with Gasteiger partial charge in [0.15, 0.2) is 0 Å². The molecule has 0 radical (unpaired) electrons. The van der Waals surface area contributed by atoms with E-state index in [4.69, 9.17) is 4.74 Å². The molecule has 1 saturated heterocycles. The third kappa shape index (κ3) is 1.78. The Morgan fingerprint density at radius 3 is 2.25 bits per heavy atom. The standard InChI is InChI=1S/C9H16O3/c1-8(2)5-4-6-9(3,12-8)7(10)11/h4-6H2,1-3H3,(H,10,11)/p-1. The number of carboxylic acids is 1. The Kier molecular flexibility index (Phi) is 2.17. The molecule has 1 aliphatic rings. The highest BCUT2D eigenvalue weighted by atomic mass is 16.5. The van der Waals surface area contributed by atoms with Crippen LogP contribution >= 0.6 is 0 Å². The second kappa shape index (κ2) is 2.73. The number of carbonyl (C=O) groups excluding carboxylic acids is 1. The van der Waals surface area contributed by atoms with Crippen LogP contribution in [0.5, 0.6) is 0 Å². The monoisotopic (exact) mass is 171 g/mol. The summed E-state index contributed by atoms with van der Waals surface area (Å²) in [6.07, 6.45) is 2.35. The van der Waals surface area contributed by atoms with Crippen LogP contribution in [0.4, 0.5) is 0 Å². The number of ether oxygens (including phenoxy) is 1. The predicted molar refractivity (Wildman–Crippen MR) is 42.4 cm³/mol. The van der Waals surface area contributed by atoms with Crippen molar-refractivity contribution in [2.45, 2.75) is 51.2 Å². The molecule has 1 aliphatic heterocycles. The Balaban J connectivity index is 2.74. The van der Waals surface area contributed by atoms with Gasteiger partial charge in [0.2, 0.25) is 0 Å². The molecule has 1 rings (SSSR count). The fourth-order valence-electron chi connectivity index (χ4n) is 1.71. The molecule has 0 aromatic heterocycles. The highest BCUT2D eigenvalue weighted by molar-refractivity contribution is 5.74. The average Bonchev–Trinajstić information content (AvgIpc) is 1.83. The molecule has 12 heavy (non-hydrogen) atoms. The van der Waals surface area contributed by atoms with E-state index in [1.807, 2.05) is 13.8 Å². The first kappa shape index (κ1) is 9.52. The van der Waals surface area contributed by atoms with Crippen LogP contribution in [0.3, 0.4) is 0 Å². The summed E-state index contributed by atoms with van der Waals surface area (Å²) in [5.74, 6) is -1.10. The van der Waals surface area contributed by atoms with Gasteiger partial charge in [-0.15, -0.1) is 0 Å². The molecule has 3 nitrogen and oxygen atoms in total. The number of hydrogen-bond acceptors (Lipinski definition) is 3. The predicted octanol–water partition coefficient (Wildman–Crippen LogP) is 0.474. The molecule has 0 spiro atoms. The van der Waals surface area contributed by atoms with Gasteiger partial charge in [0.05, 0.1) is 11.6 Å². The Bertz CT molecular complexity index is 198. The number of carbonyl (C=O) groups is 1. The Hall–Kier alpha value is -0.570. The molecule has 0 amide bonds. The number of hydrogen-bond donors (Lipinski definition) is 0. The zero-order chi connectivity index (χ0) is 9.41. The fraction of sp³-hybridized carbons (Fsp3) is 0.889. The Labute approximate surface area is 72.7 Å². The van der Waals surface area contributed by atoms with Crippen molar-refractivity contribution in [1.82, 2.24) is 0 Å². The van der Waals surface area contributed by atoms with Crippen molar-refractivity contribution < 1.29 is 14.6 Å². The van der Waals surface area contributed by atoms with Gasteiger partial charge in [-0.25, -0.2) is 0 Å². The molecule has 0 saturated carbocycles. The molecule has 1 unspecified atom stereocenters. The maximum absolute atomic E-state index is 10.7. The lowest BCUT2D eigenvalue weighted by Gasteiger charge is -2.43. The average molecular weight is 171 g/mol. The van der Waals surface area contributed by atoms with E-state index in [1.54, 1.807) is 6.92 Å². The summed E-state index contributed by atoms with van der Waals surface area (Å²) in [6.45, 7) is 5.41. The summed E-state index contributed by atoms with van der Waals surface area (Å²) in [6, 6.07) is 0. The highest BCUT2D eigenvalue weighted by Crippen LogP contribution is 2.34. The summed E-state index contributed by atoms with van der Waals surface area (Å²) >= 11 is 0. The lowest BCUT2D eigenvalue weighted by Crippen LogP contribution is -2.54. The molecule has 0 bridgehead atoms. The molecule has 70 valence electrons. The van der Waals surface area contributed by atoms with Crippen LogP contribution < -0.4 is 5.11 Å². The van der Waals surface area contributed by atoms with Gasteiger partial charge in [0.25, 0.3) is 0 Å². The minimum atomic E-state index is -1.10. The van der Waals surface area contributed by atoms with E-state index < -0.39 is 11.6 Å². The van der Waals surface area contributed by atoms with Crippen LogP contribution in [0, 0.1) is 0 Å². The van der Waals surface area contributed by atoms with E-state index >= 15 is 0 Å². The van der Waals surface area contributed by atoms with Crippen molar-refractivity contribution in [3.05, 3.63) is 0 Å². The number of carboxylic acid groups (broad SMARTS) is 1. The summed E-state index contributed by atoms with van der Waals surface area (Å²) in [5.41, 5.74) is -1.41. The van der Waals surface area contributed by atoms with E-state index in [0.29, 0.717) is 6.42 Å². The summed E-state index contributed by atoms with van der Waals surface area (Å²) in [4.78, 5) is 10.7. The summed E-state index contributed by atoms with van der Waals surface area (Å²) < 4.78 is 5.46. The molecule has 0 N–H and O–H groups in total. The SMILES string of the molecule is CC1(C)CCCC(C)(C(=O)[O-])O1. The lowest BCUT2D eigenvalue weighted by molar-refractivity contribution is -0.335. The number of aliphatic carboxylic acids is 1. The lowest BCUT2D eigenvalue weighted by atomic mass is 9.88. The van der Waals surface area contributed by atoms with Gasteiger partial charge < -0.3 is 14.6 Å². The van der Waals surface area contributed by atoms with Gasteiger partial charge >= 0.3 is 0 Å². The third-order valence-corrected chi connectivity index (χ3v) is 2.37. The minimum absolute atomic E-state index is 0.326. The van der Waals surface area contributed by atoms with Gasteiger partial charge in [-0.3, -0.25) is 0 Å². The first-order valence-corrected chi connectivity index (χ1v) is 4.27. The maximum atomic E-state index is 10.7. The molecule has 1 heterocycles. The minimum Gasteiger partial charge on any atom is -0.547 e. The molecule has 1 atom stereocenters. The summed E-state index contributed by atoms with van der Waals surface area (Å²) in [5, 5.41) is 10.7. The van der Waals surface area contributed by atoms with Crippen molar-refractivity contribution in [3.8, 4) is 0 Å².